The number of para-hydroxylation sites is 1. The van der Waals surface area contributed by atoms with Crippen LogP contribution in [0.15, 0.2) is 30.3 Å². The molecular formula is C19H27NO3. The Morgan fingerprint density at radius 1 is 1.35 bits per heavy atom. The van der Waals surface area contributed by atoms with Gasteiger partial charge in [0.15, 0.2) is 0 Å². The zero-order chi connectivity index (χ0) is 16.1. The van der Waals surface area contributed by atoms with Crippen molar-refractivity contribution in [1.29, 1.82) is 0 Å². The first-order valence-corrected chi connectivity index (χ1v) is 8.59. The molecule has 2 saturated heterocycles. The van der Waals surface area contributed by atoms with E-state index in [-0.39, 0.29) is 12.0 Å². The second kappa shape index (κ2) is 7.95. The van der Waals surface area contributed by atoms with Gasteiger partial charge in [0, 0.05) is 30.7 Å². The summed E-state index contributed by atoms with van der Waals surface area (Å²) < 4.78 is 11.0. The smallest absolute Gasteiger partial charge is 0.126 e. The first-order valence-electron chi connectivity index (χ1n) is 8.59. The maximum atomic E-state index is 10.3. The number of nitrogens with zero attached hydrogens (tertiary/aromatic N) is 1. The Hall–Kier alpha value is -1.36. The van der Waals surface area contributed by atoms with Crippen LogP contribution in [0.3, 0.4) is 0 Å². The van der Waals surface area contributed by atoms with Crippen molar-refractivity contribution in [1.82, 2.24) is 4.90 Å². The van der Waals surface area contributed by atoms with Crippen LogP contribution in [-0.4, -0.2) is 55.6 Å². The third-order valence-corrected chi connectivity index (χ3v) is 5.05. The first-order chi connectivity index (χ1) is 11.3. The van der Waals surface area contributed by atoms with Gasteiger partial charge in [-0.25, -0.2) is 0 Å². The van der Waals surface area contributed by atoms with Gasteiger partial charge in [-0.05, 0) is 31.9 Å². The van der Waals surface area contributed by atoms with Crippen LogP contribution in [0.4, 0.5) is 0 Å². The summed E-state index contributed by atoms with van der Waals surface area (Å²) in [4.78, 5) is 2.48. The number of rotatable bonds is 5. The number of hydrogen-bond donors (Lipinski definition) is 1. The van der Waals surface area contributed by atoms with Crippen LogP contribution in [0, 0.1) is 5.92 Å². The third-order valence-electron chi connectivity index (χ3n) is 5.05. The maximum absolute atomic E-state index is 10.3. The molecule has 3 atom stereocenters. The van der Waals surface area contributed by atoms with Gasteiger partial charge in [0.1, 0.15) is 5.75 Å². The van der Waals surface area contributed by atoms with Crippen molar-refractivity contribution < 1.29 is 14.6 Å². The molecule has 1 aromatic rings. The van der Waals surface area contributed by atoms with Crippen molar-refractivity contribution in [3.63, 3.8) is 0 Å². The van der Waals surface area contributed by atoms with Crippen LogP contribution in [-0.2, 0) is 4.74 Å². The second-order valence-electron chi connectivity index (χ2n) is 6.44. The highest BCUT2D eigenvalue weighted by Crippen LogP contribution is 2.29. The van der Waals surface area contributed by atoms with E-state index in [1.54, 1.807) is 7.11 Å². The van der Waals surface area contributed by atoms with Crippen molar-refractivity contribution in [2.45, 2.75) is 31.4 Å². The van der Waals surface area contributed by atoms with Crippen LogP contribution in [0.2, 0.25) is 0 Å². The molecule has 4 heteroatoms. The van der Waals surface area contributed by atoms with Gasteiger partial charge in [-0.3, -0.25) is 4.90 Å². The average molecular weight is 317 g/mol. The molecule has 23 heavy (non-hydrogen) atoms. The molecule has 126 valence electrons. The fraction of sp³-hybridized carbons (Fsp3) is 0.579. The highest BCUT2D eigenvalue weighted by Gasteiger charge is 2.36. The van der Waals surface area contributed by atoms with E-state index in [0.29, 0.717) is 19.3 Å². The van der Waals surface area contributed by atoms with E-state index in [2.05, 4.69) is 23.1 Å². The number of methoxy groups -OCH3 is 1. The monoisotopic (exact) mass is 317 g/mol. The number of ether oxygens (including phenoxy) is 2. The molecule has 0 bridgehead atoms. The molecule has 2 heterocycles. The maximum Gasteiger partial charge on any atom is 0.126 e. The number of hydrogen-bond acceptors (Lipinski definition) is 4. The SMILES string of the molecule is COc1ccccc1/C=C/CN1CCCC1C1COCCC1O. The summed E-state index contributed by atoms with van der Waals surface area (Å²) in [6.07, 6.45) is 7.25. The van der Waals surface area contributed by atoms with E-state index in [9.17, 15) is 5.11 Å². The van der Waals surface area contributed by atoms with Gasteiger partial charge < -0.3 is 14.6 Å². The molecule has 0 aliphatic carbocycles. The van der Waals surface area contributed by atoms with Crippen molar-refractivity contribution >= 4 is 6.08 Å². The minimum Gasteiger partial charge on any atom is -0.496 e. The van der Waals surface area contributed by atoms with Crippen molar-refractivity contribution in [3.8, 4) is 5.75 Å². The van der Waals surface area contributed by atoms with Gasteiger partial charge in [-0.1, -0.05) is 30.4 Å². The summed E-state index contributed by atoms with van der Waals surface area (Å²) >= 11 is 0. The van der Waals surface area contributed by atoms with Crippen molar-refractivity contribution in [2.75, 3.05) is 33.4 Å². The standard InChI is InChI=1S/C19H27NO3/c1-22-19-9-3-2-6-15(19)7-4-11-20-12-5-8-17(20)16-14-23-13-10-18(16)21/h2-4,6-7,9,16-18,21H,5,8,10-14H2,1H3/b7-4+. The lowest BCUT2D eigenvalue weighted by Crippen LogP contribution is -2.46. The zero-order valence-corrected chi connectivity index (χ0v) is 13.9. The lowest BCUT2D eigenvalue weighted by atomic mass is 9.89. The average Bonchev–Trinajstić information content (AvgIpc) is 3.04. The minimum absolute atomic E-state index is 0.215. The van der Waals surface area contributed by atoms with Gasteiger partial charge in [-0.15, -0.1) is 0 Å². The molecule has 3 rings (SSSR count). The fourth-order valence-electron chi connectivity index (χ4n) is 3.80. The van der Waals surface area contributed by atoms with Crippen LogP contribution in [0.1, 0.15) is 24.8 Å². The van der Waals surface area contributed by atoms with E-state index < -0.39 is 0 Å². The quantitative estimate of drug-likeness (QED) is 0.906. The molecule has 0 saturated carbocycles. The molecule has 1 N–H and O–H groups in total. The summed E-state index contributed by atoms with van der Waals surface area (Å²) in [5.74, 6) is 1.16. The molecule has 3 unspecified atom stereocenters. The first kappa shape index (κ1) is 16.5. The minimum atomic E-state index is -0.215. The molecule has 1 aromatic carbocycles. The van der Waals surface area contributed by atoms with E-state index in [1.165, 1.54) is 6.42 Å². The van der Waals surface area contributed by atoms with Gasteiger partial charge >= 0.3 is 0 Å². The Labute approximate surface area is 138 Å². The normalized spacial score (nSPS) is 29.2. The van der Waals surface area contributed by atoms with E-state index in [4.69, 9.17) is 9.47 Å². The number of aliphatic hydroxyl groups excluding tert-OH is 1. The number of likely N-dealkylation sites (tertiary alicyclic amines) is 1. The van der Waals surface area contributed by atoms with E-state index in [0.717, 1.165) is 37.2 Å². The van der Waals surface area contributed by atoms with Gasteiger partial charge in [-0.2, -0.15) is 0 Å². The van der Waals surface area contributed by atoms with E-state index in [1.807, 2.05) is 18.2 Å². The van der Waals surface area contributed by atoms with Gasteiger partial charge in [0.2, 0.25) is 0 Å². The largest absolute Gasteiger partial charge is 0.496 e. The Morgan fingerprint density at radius 3 is 3.04 bits per heavy atom. The lowest BCUT2D eigenvalue weighted by molar-refractivity contribution is -0.0613. The highest BCUT2D eigenvalue weighted by atomic mass is 16.5. The second-order valence-corrected chi connectivity index (χ2v) is 6.44. The Bertz CT molecular complexity index is 531. The van der Waals surface area contributed by atoms with Crippen LogP contribution in [0.25, 0.3) is 6.08 Å². The Morgan fingerprint density at radius 2 is 2.22 bits per heavy atom. The predicted molar refractivity (Wildman–Crippen MR) is 91.6 cm³/mol. The van der Waals surface area contributed by atoms with Crippen molar-refractivity contribution in [2.24, 2.45) is 5.92 Å². The van der Waals surface area contributed by atoms with Crippen LogP contribution < -0.4 is 4.74 Å². The molecule has 0 aromatic heterocycles. The summed E-state index contributed by atoms with van der Waals surface area (Å²) in [5, 5.41) is 10.3. The summed E-state index contributed by atoms with van der Waals surface area (Å²) in [6.45, 7) is 3.40. The van der Waals surface area contributed by atoms with Crippen molar-refractivity contribution in [3.05, 3.63) is 35.9 Å². The molecule has 2 aliphatic heterocycles. The molecule has 0 spiro atoms. The molecule has 0 radical (unpaired) electrons. The summed E-state index contributed by atoms with van der Waals surface area (Å²) in [5.41, 5.74) is 1.10. The highest BCUT2D eigenvalue weighted by molar-refractivity contribution is 5.57. The van der Waals surface area contributed by atoms with Crippen LogP contribution >= 0.6 is 0 Å². The topological polar surface area (TPSA) is 41.9 Å². The third kappa shape index (κ3) is 3.94. The Kier molecular flexibility index (Phi) is 5.70. The van der Waals surface area contributed by atoms with Crippen LogP contribution in [0.5, 0.6) is 5.75 Å². The molecule has 2 fully saturated rings. The summed E-state index contributed by atoms with van der Waals surface area (Å²) in [7, 11) is 1.70. The molecular weight excluding hydrogens is 290 g/mol. The molecule has 4 nitrogen and oxygen atoms in total. The van der Waals surface area contributed by atoms with Gasteiger partial charge in [0.05, 0.1) is 19.8 Å². The van der Waals surface area contributed by atoms with E-state index >= 15 is 0 Å². The van der Waals surface area contributed by atoms with Gasteiger partial charge in [0.25, 0.3) is 0 Å². The molecule has 0 amide bonds. The number of benzene rings is 1. The number of aliphatic hydroxyl groups is 1. The predicted octanol–water partition coefficient (Wildman–Crippen LogP) is 2.57. The zero-order valence-electron chi connectivity index (χ0n) is 13.9. The Balaban J connectivity index is 1.61. The fourth-order valence-corrected chi connectivity index (χ4v) is 3.80. The lowest BCUT2D eigenvalue weighted by Gasteiger charge is -2.36. The summed E-state index contributed by atoms with van der Waals surface area (Å²) in [6, 6.07) is 8.49. The molecule has 2 aliphatic rings.